The van der Waals surface area contributed by atoms with Gasteiger partial charge in [0.1, 0.15) is 12.1 Å². The molecule has 0 bridgehead atoms. The van der Waals surface area contributed by atoms with Gasteiger partial charge in [-0.3, -0.25) is 14.5 Å². The van der Waals surface area contributed by atoms with E-state index in [-0.39, 0.29) is 19.1 Å². The predicted molar refractivity (Wildman–Crippen MR) is 63.6 cm³/mol. The third-order valence-corrected chi connectivity index (χ3v) is 2.71. The maximum atomic E-state index is 11.8. The molecular weight excluding hydrogens is 238 g/mol. The Kier molecular flexibility index (Phi) is 4.28. The summed E-state index contributed by atoms with van der Waals surface area (Å²) in [6.07, 6.45) is 0. The first-order chi connectivity index (χ1) is 8.27. The molecule has 3 N–H and O–H groups in total. The minimum atomic E-state index is -0.963. The predicted octanol–water partition coefficient (Wildman–Crippen LogP) is -0.939. The Morgan fingerprint density at radius 1 is 1.50 bits per heavy atom. The van der Waals surface area contributed by atoms with Crippen LogP contribution < -0.4 is 10.6 Å². The molecule has 0 aromatic heterocycles. The molecule has 0 radical (unpaired) electrons. The lowest BCUT2D eigenvalue weighted by Gasteiger charge is -2.16. The molecular formula is C11H19N3O4. The number of aliphatic hydroxyl groups is 1. The highest BCUT2D eigenvalue weighted by Gasteiger charge is 2.44. The first-order valence-electron chi connectivity index (χ1n) is 5.79. The summed E-state index contributed by atoms with van der Waals surface area (Å²) in [5, 5.41) is 13.9. The molecule has 1 unspecified atom stereocenters. The molecule has 1 rings (SSSR count). The average molecular weight is 257 g/mol. The van der Waals surface area contributed by atoms with Crippen molar-refractivity contribution in [1.82, 2.24) is 15.5 Å². The van der Waals surface area contributed by atoms with Crippen molar-refractivity contribution in [2.45, 2.75) is 26.3 Å². The van der Waals surface area contributed by atoms with E-state index in [1.54, 1.807) is 20.8 Å². The highest BCUT2D eigenvalue weighted by Crippen LogP contribution is 2.15. The van der Waals surface area contributed by atoms with Crippen LogP contribution in [-0.2, 0) is 9.59 Å². The van der Waals surface area contributed by atoms with Crippen molar-refractivity contribution in [2.24, 2.45) is 5.92 Å². The molecule has 0 aromatic rings. The average Bonchev–Trinajstić information content (AvgIpc) is 2.48. The van der Waals surface area contributed by atoms with Crippen LogP contribution in [0.5, 0.6) is 0 Å². The summed E-state index contributed by atoms with van der Waals surface area (Å²) in [4.78, 5) is 35.7. The van der Waals surface area contributed by atoms with E-state index in [2.05, 4.69) is 10.6 Å². The second kappa shape index (κ2) is 5.34. The molecule has 1 saturated heterocycles. The molecule has 4 amide bonds. The summed E-state index contributed by atoms with van der Waals surface area (Å²) in [7, 11) is 0. The first kappa shape index (κ1) is 14.4. The van der Waals surface area contributed by atoms with Crippen LogP contribution in [0, 0.1) is 5.92 Å². The number of carbonyl (C=O) groups is 3. The zero-order valence-electron chi connectivity index (χ0n) is 10.8. The number of carbonyl (C=O) groups excluding carboxylic acids is 3. The molecule has 1 aliphatic rings. The van der Waals surface area contributed by atoms with E-state index in [1.165, 1.54) is 0 Å². The lowest BCUT2D eigenvalue weighted by Crippen LogP contribution is -2.43. The van der Waals surface area contributed by atoms with Crippen molar-refractivity contribution < 1.29 is 19.5 Å². The normalized spacial score (nSPS) is 19.7. The third-order valence-electron chi connectivity index (χ3n) is 2.71. The molecule has 1 heterocycles. The Bertz CT molecular complexity index is 367. The van der Waals surface area contributed by atoms with E-state index in [4.69, 9.17) is 5.11 Å². The maximum absolute atomic E-state index is 11.8. The van der Waals surface area contributed by atoms with E-state index < -0.39 is 23.4 Å². The number of rotatable bonds is 5. The van der Waals surface area contributed by atoms with Crippen LogP contribution >= 0.6 is 0 Å². The second-order valence-electron chi connectivity index (χ2n) is 5.04. The van der Waals surface area contributed by atoms with Crippen LogP contribution in [0.25, 0.3) is 0 Å². The largest absolute Gasteiger partial charge is 0.396 e. The molecule has 0 saturated carbocycles. The summed E-state index contributed by atoms with van der Waals surface area (Å²) in [5.41, 5.74) is -0.963. The number of nitrogens with one attached hydrogen (secondary N) is 2. The van der Waals surface area contributed by atoms with Gasteiger partial charge in [0.2, 0.25) is 5.91 Å². The summed E-state index contributed by atoms with van der Waals surface area (Å²) in [5.74, 6) is -0.900. The standard InChI is InChI=1S/C11H19N3O4/c1-7(6-15)4-12-8(16)5-14-9(17)11(2,3)13-10(14)18/h7,15H,4-6H2,1-3H3,(H,12,16)(H,13,18). The van der Waals surface area contributed by atoms with Crippen LogP contribution in [0.3, 0.4) is 0 Å². The lowest BCUT2D eigenvalue weighted by atomic mass is 10.1. The monoisotopic (exact) mass is 257 g/mol. The number of amides is 4. The molecule has 0 aromatic carbocycles. The smallest absolute Gasteiger partial charge is 0.325 e. The fourth-order valence-corrected chi connectivity index (χ4v) is 1.51. The van der Waals surface area contributed by atoms with Crippen LogP contribution in [0.1, 0.15) is 20.8 Å². The van der Waals surface area contributed by atoms with E-state index in [0.29, 0.717) is 6.54 Å². The number of aliphatic hydroxyl groups excluding tert-OH is 1. The molecule has 0 aliphatic carbocycles. The van der Waals surface area contributed by atoms with Gasteiger partial charge in [-0.15, -0.1) is 0 Å². The maximum Gasteiger partial charge on any atom is 0.325 e. The van der Waals surface area contributed by atoms with Crippen molar-refractivity contribution in [1.29, 1.82) is 0 Å². The van der Waals surface area contributed by atoms with Gasteiger partial charge in [-0.2, -0.15) is 0 Å². The quantitative estimate of drug-likeness (QED) is 0.554. The third kappa shape index (κ3) is 3.19. The Morgan fingerprint density at radius 3 is 2.56 bits per heavy atom. The molecule has 18 heavy (non-hydrogen) atoms. The zero-order valence-corrected chi connectivity index (χ0v) is 10.8. The van der Waals surface area contributed by atoms with Crippen LogP contribution in [-0.4, -0.2) is 53.1 Å². The fourth-order valence-electron chi connectivity index (χ4n) is 1.51. The molecule has 7 heteroatoms. The summed E-state index contributed by atoms with van der Waals surface area (Å²) in [6.45, 7) is 4.92. The highest BCUT2D eigenvalue weighted by molar-refractivity contribution is 6.08. The van der Waals surface area contributed by atoms with Gasteiger partial charge in [0.05, 0.1) is 0 Å². The van der Waals surface area contributed by atoms with E-state index in [0.717, 1.165) is 4.90 Å². The zero-order chi connectivity index (χ0) is 13.9. The molecule has 0 spiro atoms. The highest BCUT2D eigenvalue weighted by atomic mass is 16.3. The topological polar surface area (TPSA) is 98.7 Å². The first-order valence-corrected chi connectivity index (χ1v) is 5.79. The van der Waals surface area contributed by atoms with Crippen molar-refractivity contribution in [3.8, 4) is 0 Å². The van der Waals surface area contributed by atoms with Gasteiger partial charge >= 0.3 is 6.03 Å². The molecule has 1 fully saturated rings. The summed E-state index contributed by atoms with van der Waals surface area (Å²) in [6, 6.07) is -0.560. The van der Waals surface area contributed by atoms with Gasteiger partial charge in [0.15, 0.2) is 0 Å². The number of hydrogen-bond donors (Lipinski definition) is 3. The molecule has 7 nitrogen and oxygen atoms in total. The van der Waals surface area contributed by atoms with E-state index in [9.17, 15) is 14.4 Å². The van der Waals surface area contributed by atoms with Crippen molar-refractivity contribution in [3.63, 3.8) is 0 Å². The van der Waals surface area contributed by atoms with Crippen molar-refractivity contribution in [3.05, 3.63) is 0 Å². The van der Waals surface area contributed by atoms with Crippen molar-refractivity contribution >= 4 is 17.8 Å². The van der Waals surface area contributed by atoms with Gasteiger partial charge < -0.3 is 15.7 Å². The van der Waals surface area contributed by atoms with Gasteiger partial charge in [-0.25, -0.2) is 4.79 Å². The summed E-state index contributed by atoms with van der Waals surface area (Å²) < 4.78 is 0. The van der Waals surface area contributed by atoms with E-state index >= 15 is 0 Å². The Morgan fingerprint density at radius 2 is 2.11 bits per heavy atom. The van der Waals surface area contributed by atoms with Crippen LogP contribution in [0.4, 0.5) is 4.79 Å². The number of hydrogen-bond acceptors (Lipinski definition) is 4. The summed E-state index contributed by atoms with van der Waals surface area (Å²) >= 11 is 0. The molecule has 1 atom stereocenters. The molecule has 1 aliphatic heterocycles. The lowest BCUT2D eigenvalue weighted by molar-refractivity contribution is -0.134. The van der Waals surface area contributed by atoms with Crippen molar-refractivity contribution in [2.75, 3.05) is 19.7 Å². The number of nitrogens with zero attached hydrogens (tertiary/aromatic N) is 1. The Hall–Kier alpha value is -1.63. The minimum absolute atomic E-state index is 0.0313. The van der Waals surface area contributed by atoms with Crippen LogP contribution in [0.15, 0.2) is 0 Å². The van der Waals surface area contributed by atoms with Crippen LogP contribution in [0.2, 0.25) is 0 Å². The Labute approximate surface area is 106 Å². The van der Waals surface area contributed by atoms with E-state index in [1.807, 2.05) is 0 Å². The second-order valence-corrected chi connectivity index (χ2v) is 5.04. The number of urea groups is 1. The molecule has 102 valence electrons. The SMILES string of the molecule is CC(CO)CNC(=O)CN1C(=O)NC(C)(C)C1=O. The van der Waals surface area contributed by atoms with Gasteiger partial charge in [0, 0.05) is 13.2 Å². The van der Waals surface area contributed by atoms with Gasteiger partial charge in [0.25, 0.3) is 5.91 Å². The van der Waals surface area contributed by atoms with Gasteiger partial charge in [-0.1, -0.05) is 6.92 Å². The number of imide groups is 1. The Balaban J connectivity index is 2.50. The fraction of sp³-hybridized carbons (Fsp3) is 0.727. The van der Waals surface area contributed by atoms with Gasteiger partial charge in [-0.05, 0) is 19.8 Å². The minimum Gasteiger partial charge on any atom is -0.396 e.